The van der Waals surface area contributed by atoms with Crippen molar-refractivity contribution in [3.8, 4) is 0 Å². The van der Waals surface area contributed by atoms with Crippen LogP contribution in [0.5, 0.6) is 0 Å². The molecule has 8 heteroatoms. The largest absolute Gasteiger partial charge is 0.352 e. The Hall–Kier alpha value is -1.86. The average Bonchev–Trinajstić information content (AvgIpc) is 3.02. The van der Waals surface area contributed by atoms with Crippen LogP contribution in [-0.2, 0) is 9.59 Å². The summed E-state index contributed by atoms with van der Waals surface area (Å²) in [6, 6.07) is 0.0457. The van der Waals surface area contributed by atoms with Crippen LogP contribution in [0, 0.1) is 0 Å². The SMILES string of the molecule is CCN(CC(=O)NC(C)C)C(=O)/C=C/c1c(Cl)nc2sccn12. The minimum atomic E-state index is -0.243. The summed E-state index contributed by atoms with van der Waals surface area (Å²) in [6.45, 7) is 6.07. The molecule has 2 aromatic heterocycles. The number of fused-ring (bicyclic) bond motifs is 1. The second-order valence-corrected chi connectivity index (χ2v) is 6.48. The zero-order valence-electron chi connectivity index (χ0n) is 13.2. The van der Waals surface area contributed by atoms with Crippen molar-refractivity contribution >= 4 is 45.8 Å². The first-order valence-electron chi connectivity index (χ1n) is 7.29. The average molecular weight is 355 g/mol. The smallest absolute Gasteiger partial charge is 0.247 e. The van der Waals surface area contributed by atoms with E-state index in [2.05, 4.69) is 10.3 Å². The molecule has 2 heterocycles. The Balaban J connectivity index is 2.08. The third-order valence-electron chi connectivity index (χ3n) is 3.12. The van der Waals surface area contributed by atoms with Gasteiger partial charge in [0.15, 0.2) is 10.1 Å². The summed E-state index contributed by atoms with van der Waals surface area (Å²) in [5.41, 5.74) is 0.652. The molecule has 0 fully saturated rings. The van der Waals surface area contributed by atoms with Crippen molar-refractivity contribution < 1.29 is 9.59 Å². The van der Waals surface area contributed by atoms with Gasteiger partial charge in [-0.1, -0.05) is 11.6 Å². The maximum absolute atomic E-state index is 12.3. The number of hydrogen-bond donors (Lipinski definition) is 1. The van der Waals surface area contributed by atoms with Gasteiger partial charge in [-0.3, -0.25) is 14.0 Å². The van der Waals surface area contributed by atoms with Crippen LogP contribution in [0.1, 0.15) is 26.5 Å². The van der Waals surface area contributed by atoms with Crippen molar-refractivity contribution in [3.05, 3.63) is 28.5 Å². The standard InChI is InChI=1S/C15H19ClN4O2S/c1-4-19(9-12(21)17-10(2)3)13(22)6-5-11-14(16)18-15-20(11)7-8-23-15/h5-8,10H,4,9H2,1-3H3,(H,17,21)/b6-5+. The first-order chi connectivity index (χ1) is 10.9. The number of carbonyl (C=O) groups is 2. The molecule has 124 valence electrons. The third-order valence-corrected chi connectivity index (χ3v) is 4.15. The van der Waals surface area contributed by atoms with Gasteiger partial charge < -0.3 is 10.2 Å². The lowest BCUT2D eigenvalue weighted by atomic mass is 10.3. The first kappa shape index (κ1) is 17.5. The summed E-state index contributed by atoms with van der Waals surface area (Å²) in [7, 11) is 0. The molecule has 0 radical (unpaired) electrons. The van der Waals surface area contributed by atoms with Gasteiger partial charge in [-0.25, -0.2) is 4.98 Å². The van der Waals surface area contributed by atoms with Crippen LogP contribution >= 0.6 is 22.9 Å². The third kappa shape index (κ3) is 4.33. The van der Waals surface area contributed by atoms with Gasteiger partial charge in [-0.2, -0.15) is 0 Å². The second kappa shape index (κ2) is 7.61. The van der Waals surface area contributed by atoms with Crippen molar-refractivity contribution in [3.63, 3.8) is 0 Å². The molecule has 6 nitrogen and oxygen atoms in total. The monoisotopic (exact) mass is 354 g/mol. The number of nitrogens with zero attached hydrogens (tertiary/aromatic N) is 3. The molecular formula is C15H19ClN4O2S. The van der Waals surface area contributed by atoms with E-state index in [1.54, 1.807) is 6.08 Å². The minimum Gasteiger partial charge on any atom is -0.352 e. The van der Waals surface area contributed by atoms with Crippen LogP contribution in [-0.4, -0.2) is 45.2 Å². The zero-order valence-corrected chi connectivity index (χ0v) is 14.8. The normalized spacial score (nSPS) is 11.5. The summed E-state index contributed by atoms with van der Waals surface area (Å²) in [4.78, 5) is 30.5. The number of hydrogen-bond acceptors (Lipinski definition) is 4. The highest BCUT2D eigenvalue weighted by Crippen LogP contribution is 2.22. The first-order valence-corrected chi connectivity index (χ1v) is 8.55. The van der Waals surface area contributed by atoms with Crippen LogP contribution in [0.4, 0.5) is 0 Å². The van der Waals surface area contributed by atoms with Gasteiger partial charge in [0.1, 0.15) is 0 Å². The van der Waals surface area contributed by atoms with E-state index in [4.69, 9.17) is 11.6 Å². The van der Waals surface area contributed by atoms with Gasteiger partial charge in [-0.15, -0.1) is 11.3 Å². The lowest BCUT2D eigenvalue weighted by Crippen LogP contribution is -2.42. The molecular weight excluding hydrogens is 336 g/mol. The Bertz CT molecular complexity index is 735. The van der Waals surface area contributed by atoms with E-state index < -0.39 is 0 Å². The lowest BCUT2D eigenvalue weighted by molar-refractivity contribution is -0.132. The molecule has 2 rings (SSSR count). The molecule has 0 unspecified atom stereocenters. The Labute approximate surface area is 143 Å². The van der Waals surface area contributed by atoms with Gasteiger partial charge in [0.2, 0.25) is 11.8 Å². The second-order valence-electron chi connectivity index (χ2n) is 5.25. The Morgan fingerprint density at radius 2 is 2.26 bits per heavy atom. The number of aromatic nitrogens is 2. The van der Waals surface area contributed by atoms with E-state index in [1.165, 1.54) is 22.3 Å². The number of likely N-dealkylation sites (N-methyl/N-ethyl adjacent to an activating group) is 1. The van der Waals surface area contributed by atoms with E-state index in [-0.39, 0.29) is 24.4 Å². The predicted molar refractivity (Wildman–Crippen MR) is 92.6 cm³/mol. The van der Waals surface area contributed by atoms with Gasteiger partial charge in [0.25, 0.3) is 0 Å². The van der Waals surface area contributed by atoms with Crippen molar-refractivity contribution in [1.29, 1.82) is 0 Å². The summed E-state index contributed by atoms with van der Waals surface area (Å²) in [6.07, 6.45) is 4.89. The minimum absolute atomic E-state index is 0.0336. The molecule has 1 N–H and O–H groups in total. The van der Waals surface area contributed by atoms with E-state index >= 15 is 0 Å². The highest BCUT2D eigenvalue weighted by atomic mass is 35.5. The van der Waals surface area contributed by atoms with Crippen molar-refractivity contribution in [1.82, 2.24) is 19.6 Å². The maximum Gasteiger partial charge on any atom is 0.247 e. The van der Waals surface area contributed by atoms with E-state index in [1.807, 2.05) is 36.7 Å². The molecule has 0 saturated heterocycles. The molecule has 0 aliphatic heterocycles. The van der Waals surface area contributed by atoms with Crippen molar-refractivity contribution in [2.75, 3.05) is 13.1 Å². The Kier molecular flexibility index (Phi) is 5.79. The summed E-state index contributed by atoms with van der Waals surface area (Å²) in [5, 5.41) is 5.02. The fourth-order valence-electron chi connectivity index (χ4n) is 2.07. The molecule has 0 aromatic carbocycles. The number of imidazole rings is 1. The van der Waals surface area contributed by atoms with Gasteiger partial charge >= 0.3 is 0 Å². The van der Waals surface area contributed by atoms with Crippen LogP contribution in [0.25, 0.3) is 11.0 Å². The molecule has 2 amide bonds. The van der Waals surface area contributed by atoms with Gasteiger partial charge in [0.05, 0.1) is 12.2 Å². The molecule has 0 aliphatic carbocycles. The molecule has 0 aliphatic rings. The quantitative estimate of drug-likeness (QED) is 0.810. The molecule has 0 saturated carbocycles. The fourth-order valence-corrected chi connectivity index (χ4v) is 3.07. The Morgan fingerprint density at radius 3 is 2.91 bits per heavy atom. The fraction of sp³-hybridized carbons (Fsp3) is 0.400. The molecule has 0 atom stereocenters. The van der Waals surface area contributed by atoms with Crippen molar-refractivity contribution in [2.45, 2.75) is 26.8 Å². The predicted octanol–water partition coefficient (Wildman–Crippen LogP) is 2.44. The summed E-state index contributed by atoms with van der Waals surface area (Å²) in [5.74, 6) is -0.418. The molecule has 2 aromatic rings. The number of carbonyl (C=O) groups excluding carboxylic acids is 2. The number of amides is 2. The van der Waals surface area contributed by atoms with E-state index in [0.29, 0.717) is 17.4 Å². The Morgan fingerprint density at radius 1 is 1.52 bits per heavy atom. The number of halogens is 1. The van der Waals surface area contributed by atoms with E-state index in [9.17, 15) is 9.59 Å². The highest BCUT2D eigenvalue weighted by molar-refractivity contribution is 7.15. The van der Waals surface area contributed by atoms with Crippen LogP contribution in [0.15, 0.2) is 17.7 Å². The van der Waals surface area contributed by atoms with Gasteiger partial charge in [0, 0.05) is 30.2 Å². The van der Waals surface area contributed by atoms with Gasteiger partial charge in [-0.05, 0) is 26.8 Å². The maximum atomic E-state index is 12.3. The molecule has 0 bridgehead atoms. The molecule has 0 spiro atoms. The highest BCUT2D eigenvalue weighted by Gasteiger charge is 2.15. The van der Waals surface area contributed by atoms with Crippen LogP contribution in [0.3, 0.4) is 0 Å². The number of rotatable bonds is 6. The van der Waals surface area contributed by atoms with Crippen LogP contribution < -0.4 is 5.32 Å². The summed E-state index contributed by atoms with van der Waals surface area (Å²) < 4.78 is 1.82. The number of thiazole rings is 1. The lowest BCUT2D eigenvalue weighted by Gasteiger charge is -2.19. The van der Waals surface area contributed by atoms with E-state index in [0.717, 1.165) is 4.96 Å². The topological polar surface area (TPSA) is 66.7 Å². The number of nitrogens with one attached hydrogen (secondary N) is 1. The zero-order chi connectivity index (χ0) is 17.0. The van der Waals surface area contributed by atoms with Crippen molar-refractivity contribution in [2.24, 2.45) is 0 Å². The molecule has 23 heavy (non-hydrogen) atoms. The summed E-state index contributed by atoms with van der Waals surface area (Å²) >= 11 is 7.55. The van der Waals surface area contributed by atoms with Crippen LogP contribution in [0.2, 0.25) is 5.15 Å².